The lowest BCUT2D eigenvalue weighted by molar-refractivity contribution is -0.387. The fourth-order valence-electron chi connectivity index (χ4n) is 15.9. The van der Waals surface area contributed by atoms with Crippen molar-refractivity contribution in [3.8, 4) is 0 Å². The molecule has 10 N–H and O–H groups in total. The Morgan fingerprint density at radius 1 is 0.646 bits per heavy atom. The third kappa shape index (κ3) is 7.40. The van der Waals surface area contributed by atoms with E-state index in [0.717, 1.165) is 44.1 Å². The summed E-state index contributed by atoms with van der Waals surface area (Å²) in [7, 11) is 0. The van der Waals surface area contributed by atoms with E-state index in [1.165, 1.54) is 0 Å². The van der Waals surface area contributed by atoms with E-state index in [9.17, 15) is 51.1 Å². The summed E-state index contributed by atoms with van der Waals surface area (Å²) in [5, 5.41) is 108. The average molecular weight is 929 g/mol. The highest BCUT2D eigenvalue weighted by molar-refractivity contribution is 5.26. The lowest BCUT2D eigenvalue weighted by Crippen LogP contribution is -2.68. The summed E-state index contributed by atoms with van der Waals surface area (Å²) in [6.07, 6.45) is -14.0. The van der Waals surface area contributed by atoms with Crippen LogP contribution in [0.5, 0.6) is 0 Å². The minimum absolute atomic E-state index is 0.0960. The predicted molar refractivity (Wildman–Crippen MR) is 225 cm³/mol. The van der Waals surface area contributed by atoms with Crippen LogP contribution in [0.2, 0.25) is 0 Å². The Labute approximate surface area is 381 Å². The first-order chi connectivity index (χ1) is 30.5. The molecule has 0 unspecified atom stereocenters. The Kier molecular flexibility index (Phi) is 12.9. The number of allylic oxidation sites excluding steroid dienone is 1. The maximum atomic E-state index is 12.2. The van der Waals surface area contributed by atoms with Crippen molar-refractivity contribution < 1.29 is 89.0 Å². The lowest BCUT2D eigenvalue weighted by Gasteiger charge is -2.70. The number of ether oxygens (including phenoxy) is 8. The first kappa shape index (κ1) is 49.0. The van der Waals surface area contributed by atoms with E-state index >= 15 is 0 Å². The van der Waals surface area contributed by atoms with Crippen LogP contribution >= 0.6 is 0 Å². The highest BCUT2D eigenvalue weighted by atomic mass is 16.8. The molecule has 0 radical (unpaired) electrons. The van der Waals surface area contributed by atoms with Gasteiger partial charge in [0.2, 0.25) is 0 Å². The Balaban J connectivity index is 0.991. The van der Waals surface area contributed by atoms with Crippen LogP contribution in [0, 0.1) is 45.3 Å². The second-order valence-corrected chi connectivity index (χ2v) is 22.9. The molecule has 18 heteroatoms. The molecular formula is C47H76O18. The van der Waals surface area contributed by atoms with Gasteiger partial charge >= 0.3 is 0 Å². The van der Waals surface area contributed by atoms with Gasteiger partial charge in [-0.05, 0) is 93.3 Å². The molecule has 9 aliphatic rings. The molecule has 65 heavy (non-hydrogen) atoms. The number of aliphatic hydroxyl groups excluding tert-OH is 9. The Morgan fingerprint density at radius 3 is 1.86 bits per heavy atom. The number of hydrogen-bond acceptors (Lipinski definition) is 18. The molecule has 9 rings (SSSR count). The average Bonchev–Trinajstić information content (AvgIpc) is 3.86. The summed E-state index contributed by atoms with van der Waals surface area (Å²) in [5.41, 5.74) is -0.668. The fourth-order valence-corrected chi connectivity index (χ4v) is 15.9. The van der Waals surface area contributed by atoms with E-state index in [0.29, 0.717) is 25.4 Å². The van der Waals surface area contributed by atoms with Crippen molar-refractivity contribution >= 4 is 0 Å². The van der Waals surface area contributed by atoms with Crippen LogP contribution in [0.25, 0.3) is 0 Å². The Hall–Kier alpha value is -0.980. The van der Waals surface area contributed by atoms with Crippen LogP contribution < -0.4 is 0 Å². The molecule has 2 spiro atoms. The third-order valence-corrected chi connectivity index (χ3v) is 18.8. The summed E-state index contributed by atoms with van der Waals surface area (Å²) in [5.74, 6) is -0.184. The van der Waals surface area contributed by atoms with Crippen molar-refractivity contribution in [2.75, 3.05) is 26.4 Å². The van der Waals surface area contributed by atoms with Gasteiger partial charge < -0.3 is 89.0 Å². The SMILES string of the molecule is CC(C)=C[C@@H]1C[C@](C)(O)[C@@H]2[C@H]3CC[C@@H]4[C@@]5(C)CC[C@H](O[C@@H]6O[C@H](CO)[C@@H](O)[C@H](O[C@@H]7O[C@H](CO)[C@@H](O)[C@H](O)[C@H]7O)[C@H]6O[C@@H]6O[C@@H](CO)[C@H](O)[C@H]6O)C(C)(C)[C@@H]5CC[C@@]4(C)[C@@]34CO[C@@]2(C4)O1. The van der Waals surface area contributed by atoms with Crippen molar-refractivity contribution in [3.05, 3.63) is 11.6 Å². The number of aliphatic hydroxyl groups is 10. The molecule has 9 fully saturated rings. The summed E-state index contributed by atoms with van der Waals surface area (Å²) in [6, 6.07) is 0. The highest BCUT2D eigenvalue weighted by Gasteiger charge is 2.81. The van der Waals surface area contributed by atoms with Crippen LogP contribution in [-0.4, -0.2) is 187 Å². The third-order valence-electron chi connectivity index (χ3n) is 18.8. The fraction of sp³-hybridized carbons (Fsp3) is 0.957. The van der Waals surface area contributed by atoms with Gasteiger partial charge in [-0.25, -0.2) is 0 Å². The molecule has 2 bridgehead atoms. The molecule has 5 heterocycles. The zero-order valence-corrected chi connectivity index (χ0v) is 38.8. The molecule has 0 aromatic heterocycles. The van der Waals surface area contributed by atoms with Crippen LogP contribution in [0.15, 0.2) is 11.6 Å². The monoisotopic (exact) mass is 929 g/mol. The normalized spacial score (nSPS) is 56.9. The molecule has 0 amide bonds. The first-order valence-electron chi connectivity index (χ1n) is 24.1. The predicted octanol–water partition coefficient (Wildman–Crippen LogP) is -0.0333. The molecule has 4 saturated carbocycles. The van der Waals surface area contributed by atoms with Gasteiger partial charge in [-0.1, -0.05) is 39.3 Å². The molecule has 5 aliphatic heterocycles. The Morgan fingerprint density at radius 2 is 1.23 bits per heavy atom. The highest BCUT2D eigenvalue weighted by Crippen LogP contribution is 2.80. The largest absolute Gasteiger partial charge is 0.394 e. The maximum Gasteiger partial charge on any atom is 0.187 e. The molecule has 5 saturated heterocycles. The van der Waals surface area contributed by atoms with E-state index in [2.05, 4.69) is 47.6 Å². The van der Waals surface area contributed by atoms with E-state index in [-0.39, 0.29) is 40.1 Å². The standard InChI is InChI=1S/C47H76O18/c1-21(2)14-22-15-45(7,57)38-23-8-9-28-43(5)12-11-29(42(3,4)27(43)10-13-44(28,6)46(23)19-47(38,65-22)58-20-46)62-41-37(64-39-34(55)31(52)25(17-49)60-39)36(32(53)26(18-50)61-41)63-40-35(56)33(54)30(51)24(16-48)59-40/h14,22-41,48-57H,8-13,15-20H2,1-7H3/t22-,23-,24-,25+,26-,27+,28-,29+,30-,31+,32-,33+,34-,35-,36+,37-,38+,39+,40+,41+,43+,44-,45+,46+,47+/m1/s1. The number of rotatable bonds is 10. The Bertz CT molecular complexity index is 1760. The van der Waals surface area contributed by atoms with Gasteiger partial charge in [0.25, 0.3) is 0 Å². The molecule has 372 valence electrons. The van der Waals surface area contributed by atoms with E-state index in [1.54, 1.807) is 0 Å². The molecule has 18 nitrogen and oxygen atoms in total. The van der Waals surface area contributed by atoms with Crippen LogP contribution in [-0.2, 0) is 37.9 Å². The van der Waals surface area contributed by atoms with Crippen molar-refractivity contribution in [1.82, 2.24) is 0 Å². The number of fused-ring (bicyclic) bond motifs is 4. The van der Waals surface area contributed by atoms with E-state index in [4.69, 9.17) is 37.9 Å². The quantitative estimate of drug-likeness (QED) is 0.102. The molecule has 4 aliphatic carbocycles. The molecule has 0 aromatic carbocycles. The van der Waals surface area contributed by atoms with Crippen LogP contribution in [0.1, 0.15) is 99.8 Å². The van der Waals surface area contributed by atoms with Gasteiger partial charge in [-0.3, -0.25) is 0 Å². The van der Waals surface area contributed by atoms with Crippen LogP contribution in [0.4, 0.5) is 0 Å². The van der Waals surface area contributed by atoms with Gasteiger partial charge in [-0.2, -0.15) is 0 Å². The summed E-state index contributed by atoms with van der Waals surface area (Å²) in [4.78, 5) is 0. The first-order valence-corrected chi connectivity index (χ1v) is 24.1. The summed E-state index contributed by atoms with van der Waals surface area (Å²) >= 11 is 0. The van der Waals surface area contributed by atoms with Gasteiger partial charge in [0.15, 0.2) is 24.7 Å². The second-order valence-electron chi connectivity index (χ2n) is 22.9. The minimum atomic E-state index is -1.86. The second kappa shape index (κ2) is 17.1. The van der Waals surface area contributed by atoms with Gasteiger partial charge in [0.1, 0.15) is 67.1 Å². The maximum absolute atomic E-state index is 12.2. The number of hydrogen-bond donors (Lipinski definition) is 10. The smallest absolute Gasteiger partial charge is 0.187 e. The van der Waals surface area contributed by atoms with E-state index < -0.39 is 129 Å². The topological polar surface area (TPSA) is 276 Å². The lowest BCUT2D eigenvalue weighted by atomic mass is 9.35. The molecule has 0 aromatic rings. The van der Waals surface area contributed by atoms with Gasteiger partial charge in [-0.15, -0.1) is 0 Å². The van der Waals surface area contributed by atoms with Crippen LogP contribution in [0.3, 0.4) is 0 Å². The molecular weight excluding hydrogens is 852 g/mol. The zero-order chi connectivity index (χ0) is 47.0. The van der Waals surface area contributed by atoms with Crippen molar-refractivity contribution in [2.24, 2.45) is 45.3 Å². The van der Waals surface area contributed by atoms with E-state index in [1.807, 2.05) is 6.92 Å². The van der Waals surface area contributed by atoms with Gasteiger partial charge in [0, 0.05) is 24.2 Å². The van der Waals surface area contributed by atoms with Crippen molar-refractivity contribution in [1.29, 1.82) is 0 Å². The van der Waals surface area contributed by atoms with Gasteiger partial charge in [0.05, 0.1) is 44.2 Å². The minimum Gasteiger partial charge on any atom is -0.394 e. The van der Waals surface area contributed by atoms with Crippen molar-refractivity contribution in [3.63, 3.8) is 0 Å². The summed E-state index contributed by atoms with van der Waals surface area (Å²) in [6.45, 7) is 13.9. The zero-order valence-electron chi connectivity index (χ0n) is 38.8. The van der Waals surface area contributed by atoms with Crippen molar-refractivity contribution in [2.45, 2.75) is 209 Å². The summed E-state index contributed by atoms with van der Waals surface area (Å²) < 4.78 is 50.9. The molecule has 25 atom stereocenters.